The number of pyridine rings is 2. The molecule has 4 aromatic rings. The van der Waals surface area contributed by atoms with Crippen molar-refractivity contribution in [3.05, 3.63) is 98.3 Å². The van der Waals surface area contributed by atoms with Crippen molar-refractivity contribution in [1.82, 2.24) is 9.55 Å². The number of aliphatic hydroxyl groups is 1. The first-order chi connectivity index (χ1) is 17.9. The lowest BCUT2D eigenvalue weighted by Gasteiger charge is -2.26. The molecule has 184 valence electrons. The summed E-state index contributed by atoms with van der Waals surface area (Å²) in [7, 11) is 0. The number of cyclic esters (lactones) is 1. The zero-order valence-electron chi connectivity index (χ0n) is 20.5. The summed E-state index contributed by atoms with van der Waals surface area (Å²) in [5.41, 5.74) is 5.21. The van der Waals surface area contributed by atoms with E-state index < -0.39 is 11.6 Å². The maximum absolute atomic E-state index is 13.7. The summed E-state index contributed by atoms with van der Waals surface area (Å²) in [4.78, 5) is 30.8. The summed E-state index contributed by atoms with van der Waals surface area (Å²) < 4.78 is 6.98. The van der Waals surface area contributed by atoms with Gasteiger partial charge in [0, 0.05) is 10.9 Å². The number of nitriles is 1. The van der Waals surface area contributed by atoms with Gasteiger partial charge in [-0.3, -0.25) is 9.59 Å². The van der Waals surface area contributed by atoms with E-state index in [0.29, 0.717) is 28.9 Å². The van der Waals surface area contributed by atoms with E-state index in [-0.39, 0.29) is 25.0 Å². The van der Waals surface area contributed by atoms with E-state index in [4.69, 9.17) is 15.0 Å². The highest BCUT2D eigenvalue weighted by molar-refractivity contribution is 5.88. The highest BCUT2D eigenvalue weighted by atomic mass is 16.5. The van der Waals surface area contributed by atoms with E-state index in [1.54, 1.807) is 11.5 Å². The first-order valence-electron chi connectivity index (χ1n) is 12.5. The standard InChI is InChI=1S/C30H25N3O4/c1-2-30(36)14-27(34)37-17-23-24(30)13-26-28-22(16-33(26)29(23)35)20(21-5-3-4-6-25(21)32-28)12-11-18-7-9-19(15-31)10-8-18/h3-10,13,36H,2,11-12,14,16-17H2,1H3. The maximum Gasteiger partial charge on any atom is 0.309 e. The van der Waals surface area contributed by atoms with E-state index in [9.17, 15) is 14.7 Å². The van der Waals surface area contributed by atoms with Crippen molar-refractivity contribution in [2.75, 3.05) is 0 Å². The monoisotopic (exact) mass is 491 g/mol. The molecule has 1 unspecified atom stereocenters. The van der Waals surface area contributed by atoms with Crippen molar-refractivity contribution in [2.24, 2.45) is 0 Å². The van der Waals surface area contributed by atoms with Crippen LogP contribution in [-0.2, 0) is 41.1 Å². The topological polar surface area (TPSA) is 105 Å². The van der Waals surface area contributed by atoms with Gasteiger partial charge in [0.1, 0.15) is 12.2 Å². The van der Waals surface area contributed by atoms with E-state index in [1.807, 2.05) is 48.5 Å². The molecule has 0 radical (unpaired) electrons. The van der Waals surface area contributed by atoms with Crippen molar-refractivity contribution in [2.45, 2.75) is 51.4 Å². The van der Waals surface area contributed by atoms with Crippen LogP contribution in [0.15, 0.2) is 59.4 Å². The molecule has 1 N–H and O–H groups in total. The molecular weight excluding hydrogens is 466 g/mol. The summed E-state index contributed by atoms with van der Waals surface area (Å²) in [6.45, 7) is 2.02. The highest BCUT2D eigenvalue weighted by Gasteiger charge is 2.39. The van der Waals surface area contributed by atoms with Crippen molar-refractivity contribution >= 4 is 16.9 Å². The first kappa shape index (κ1) is 23.1. The Labute approximate surface area is 213 Å². The van der Waals surface area contributed by atoms with Gasteiger partial charge in [-0.1, -0.05) is 37.3 Å². The van der Waals surface area contributed by atoms with E-state index in [1.165, 1.54) is 0 Å². The fourth-order valence-corrected chi connectivity index (χ4v) is 5.61. The Bertz CT molecular complexity index is 1680. The van der Waals surface area contributed by atoms with E-state index in [2.05, 4.69) is 12.1 Å². The Morgan fingerprint density at radius 2 is 1.89 bits per heavy atom. The Kier molecular flexibility index (Phi) is 5.43. The Hall–Kier alpha value is -4.28. The number of ether oxygens (including phenoxy) is 1. The number of carbonyl (C=O) groups excluding carboxylic acids is 1. The van der Waals surface area contributed by atoms with Crippen LogP contribution in [0.5, 0.6) is 0 Å². The number of para-hydroxylation sites is 1. The van der Waals surface area contributed by atoms with Gasteiger partial charge in [-0.2, -0.15) is 5.26 Å². The van der Waals surface area contributed by atoms with Gasteiger partial charge in [0.2, 0.25) is 0 Å². The lowest BCUT2D eigenvalue weighted by Crippen LogP contribution is -2.32. The summed E-state index contributed by atoms with van der Waals surface area (Å²) >= 11 is 0. The normalized spacial score (nSPS) is 17.9. The molecule has 0 spiro atoms. The molecule has 37 heavy (non-hydrogen) atoms. The lowest BCUT2D eigenvalue weighted by atomic mass is 9.85. The SMILES string of the molecule is CCC1(O)CC(=O)OCc2c1cc1n(c2=O)Cc2c-1nc1ccccc1c2CCc1ccc(C#N)cc1. The lowest BCUT2D eigenvalue weighted by molar-refractivity contribution is -0.149. The molecule has 2 aliphatic heterocycles. The first-order valence-corrected chi connectivity index (χ1v) is 12.5. The minimum atomic E-state index is -1.46. The molecule has 6 rings (SSSR count). The molecule has 2 aromatic carbocycles. The summed E-state index contributed by atoms with van der Waals surface area (Å²) in [6, 6.07) is 19.6. The van der Waals surface area contributed by atoms with Gasteiger partial charge in [0.05, 0.1) is 47.1 Å². The summed E-state index contributed by atoms with van der Waals surface area (Å²) in [5, 5.41) is 21.5. The van der Waals surface area contributed by atoms with Crippen LogP contribution in [-0.4, -0.2) is 20.6 Å². The number of nitrogens with zero attached hydrogens (tertiary/aromatic N) is 3. The average Bonchev–Trinajstić information content (AvgIpc) is 3.22. The number of esters is 1. The van der Waals surface area contributed by atoms with Crippen LogP contribution in [0.25, 0.3) is 22.3 Å². The van der Waals surface area contributed by atoms with Crippen molar-refractivity contribution in [3.8, 4) is 17.5 Å². The molecule has 0 saturated carbocycles. The Balaban J connectivity index is 1.50. The zero-order chi connectivity index (χ0) is 25.7. The predicted octanol–water partition coefficient (Wildman–Crippen LogP) is 4.13. The van der Waals surface area contributed by atoms with Crippen LogP contribution >= 0.6 is 0 Å². The van der Waals surface area contributed by atoms with Crippen molar-refractivity contribution < 1.29 is 14.6 Å². The number of rotatable bonds is 4. The quantitative estimate of drug-likeness (QED) is 0.379. The molecule has 0 amide bonds. The third-order valence-corrected chi connectivity index (χ3v) is 7.72. The number of hydrogen-bond donors (Lipinski definition) is 1. The fraction of sp³-hybridized carbons (Fsp3) is 0.267. The second-order valence-electron chi connectivity index (χ2n) is 9.78. The fourth-order valence-electron chi connectivity index (χ4n) is 5.61. The van der Waals surface area contributed by atoms with Crippen molar-refractivity contribution in [1.29, 1.82) is 5.26 Å². The molecule has 0 aliphatic carbocycles. The van der Waals surface area contributed by atoms with Crippen LogP contribution in [0.1, 0.15) is 53.1 Å². The smallest absolute Gasteiger partial charge is 0.309 e. The van der Waals surface area contributed by atoms with Gasteiger partial charge in [0.25, 0.3) is 5.56 Å². The van der Waals surface area contributed by atoms with Crippen LogP contribution in [0, 0.1) is 11.3 Å². The molecule has 0 bridgehead atoms. The number of benzene rings is 2. The highest BCUT2D eigenvalue weighted by Crippen LogP contribution is 2.40. The van der Waals surface area contributed by atoms with Gasteiger partial charge in [-0.25, -0.2) is 4.98 Å². The molecule has 7 heteroatoms. The van der Waals surface area contributed by atoms with E-state index >= 15 is 0 Å². The largest absolute Gasteiger partial charge is 0.460 e. The number of fused-ring (bicyclic) bond motifs is 5. The molecule has 0 saturated heterocycles. The third kappa shape index (κ3) is 3.73. The van der Waals surface area contributed by atoms with Crippen LogP contribution in [0.3, 0.4) is 0 Å². The maximum atomic E-state index is 13.7. The average molecular weight is 492 g/mol. The number of aromatic nitrogens is 2. The second-order valence-corrected chi connectivity index (χ2v) is 9.78. The third-order valence-electron chi connectivity index (χ3n) is 7.72. The van der Waals surface area contributed by atoms with E-state index in [0.717, 1.165) is 46.1 Å². The molecule has 4 heterocycles. The predicted molar refractivity (Wildman–Crippen MR) is 138 cm³/mol. The van der Waals surface area contributed by atoms with Crippen molar-refractivity contribution in [3.63, 3.8) is 0 Å². The molecular formula is C30H25N3O4. The zero-order valence-corrected chi connectivity index (χ0v) is 20.5. The minimum Gasteiger partial charge on any atom is -0.460 e. The van der Waals surface area contributed by atoms with Crippen LogP contribution in [0.2, 0.25) is 0 Å². The van der Waals surface area contributed by atoms with Gasteiger partial charge in [-0.05, 0) is 60.2 Å². The van der Waals surface area contributed by atoms with Crippen LogP contribution in [0.4, 0.5) is 0 Å². The molecule has 1 atom stereocenters. The molecule has 2 aromatic heterocycles. The van der Waals surface area contributed by atoms with Crippen LogP contribution < -0.4 is 5.56 Å². The van der Waals surface area contributed by atoms with Gasteiger partial charge >= 0.3 is 5.97 Å². The Morgan fingerprint density at radius 1 is 1.11 bits per heavy atom. The number of hydrogen-bond acceptors (Lipinski definition) is 6. The molecule has 7 nitrogen and oxygen atoms in total. The second kappa shape index (κ2) is 8.68. The number of aryl methyl sites for hydroxylation is 2. The minimum absolute atomic E-state index is 0.146. The Morgan fingerprint density at radius 3 is 2.65 bits per heavy atom. The molecule has 0 fully saturated rings. The summed E-state index contributed by atoms with van der Waals surface area (Å²) in [5.74, 6) is -0.514. The van der Waals surface area contributed by atoms with Gasteiger partial charge in [0.15, 0.2) is 0 Å². The van der Waals surface area contributed by atoms with Gasteiger partial charge < -0.3 is 14.4 Å². The number of carbonyl (C=O) groups is 1. The molecule has 2 aliphatic rings. The van der Waals surface area contributed by atoms with Gasteiger partial charge in [-0.15, -0.1) is 0 Å². The summed E-state index contributed by atoms with van der Waals surface area (Å²) in [6.07, 6.45) is 1.62.